The van der Waals surface area contributed by atoms with Crippen LogP contribution in [0.25, 0.3) is 11.0 Å². The van der Waals surface area contributed by atoms with Gasteiger partial charge in [0.05, 0.1) is 9.79 Å². The van der Waals surface area contributed by atoms with Crippen LogP contribution in [0.3, 0.4) is 0 Å². The summed E-state index contributed by atoms with van der Waals surface area (Å²) >= 11 is 0. The molecule has 0 radical (unpaired) electrons. The summed E-state index contributed by atoms with van der Waals surface area (Å²) in [6.45, 7) is 0.228. The average molecular weight is 506 g/mol. The van der Waals surface area contributed by atoms with E-state index in [1.165, 1.54) is 28.6 Å². The van der Waals surface area contributed by atoms with Crippen LogP contribution in [0.4, 0.5) is 5.69 Å². The number of fused-ring (bicyclic) bond motifs is 1. The summed E-state index contributed by atoms with van der Waals surface area (Å²) in [6, 6.07) is 11.9. The predicted molar refractivity (Wildman–Crippen MR) is 124 cm³/mol. The number of hydrogen-bond donors (Lipinski definition) is 2. The largest absolute Gasteiger partial charge is 0.449 e. The molecule has 0 atom stereocenters. The number of benzene rings is 2. The third-order valence-corrected chi connectivity index (χ3v) is 8.82. The molecule has 2 heterocycles. The van der Waals surface area contributed by atoms with Gasteiger partial charge in [-0.1, -0.05) is 12.1 Å². The Bertz CT molecular complexity index is 1470. The minimum absolute atomic E-state index is 0.0150. The number of sulfonamides is 1. The van der Waals surface area contributed by atoms with E-state index in [0.717, 1.165) is 6.26 Å². The molecular weight excluding hydrogens is 482 g/mol. The number of nitrogens with one attached hydrogen (secondary N) is 1. The molecule has 0 aliphatic carbocycles. The van der Waals surface area contributed by atoms with Crippen LogP contribution < -0.4 is 11.1 Å². The Kier molecular flexibility index (Phi) is 6.23. The molecule has 1 aliphatic heterocycles. The van der Waals surface area contributed by atoms with Gasteiger partial charge >= 0.3 is 0 Å². The Labute approximate surface area is 196 Å². The maximum atomic E-state index is 13.0. The molecule has 1 saturated heterocycles. The van der Waals surface area contributed by atoms with Crippen LogP contribution in [0.2, 0.25) is 0 Å². The number of hydrogen-bond acceptors (Lipinski definition) is 7. The molecule has 0 spiro atoms. The van der Waals surface area contributed by atoms with Crippen molar-refractivity contribution in [1.82, 2.24) is 4.31 Å². The first kappa shape index (κ1) is 23.9. The van der Waals surface area contributed by atoms with E-state index in [4.69, 9.17) is 10.2 Å². The first-order valence-corrected chi connectivity index (χ1v) is 13.7. The number of nitrogens with zero attached hydrogens (tertiary/aromatic N) is 1. The lowest BCUT2D eigenvalue weighted by molar-refractivity contribution is -0.120. The molecule has 1 aromatic heterocycles. The van der Waals surface area contributed by atoms with E-state index in [1.54, 1.807) is 24.3 Å². The van der Waals surface area contributed by atoms with Gasteiger partial charge in [0.15, 0.2) is 9.84 Å². The van der Waals surface area contributed by atoms with Crippen molar-refractivity contribution in [3.8, 4) is 0 Å². The predicted octanol–water partition coefficient (Wildman–Crippen LogP) is 1.97. The van der Waals surface area contributed by atoms with Crippen molar-refractivity contribution in [3.63, 3.8) is 0 Å². The normalized spacial score (nSPS) is 15.9. The number of anilines is 1. The molecule has 0 bridgehead atoms. The van der Waals surface area contributed by atoms with Gasteiger partial charge in [0, 0.05) is 30.6 Å². The van der Waals surface area contributed by atoms with Crippen molar-refractivity contribution < 1.29 is 30.8 Å². The van der Waals surface area contributed by atoms with Gasteiger partial charge in [0.1, 0.15) is 11.3 Å². The molecule has 0 saturated carbocycles. The van der Waals surface area contributed by atoms with E-state index in [2.05, 4.69) is 5.32 Å². The summed E-state index contributed by atoms with van der Waals surface area (Å²) in [5.74, 6) is -1.79. The van der Waals surface area contributed by atoms with Crippen molar-refractivity contribution >= 4 is 48.3 Å². The topological polar surface area (TPSA) is 157 Å². The Morgan fingerprint density at radius 3 is 2.15 bits per heavy atom. The molecule has 3 N–H and O–H groups in total. The van der Waals surface area contributed by atoms with Gasteiger partial charge in [-0.05, 0) is 49.2 Å². The number of furan rings is 1. The number of piperidine rings is 1. The van der Waals surface area contributed by atoms with Gasteiger partial charge in [0.2, 0.25) is 21.7 Å². The maximum absolute atomic E-state index is 13.0. The van der Waals surface area contributed by atoms with Gasteiger partial charge < -0.3 is 15.5 Å². The molecule has 4 rings (SSSR count). The number of amides is 2. The number of primary amides is 1. The first-order valence-electron chi connectivity index (χ1n) is 10.4. The van der Waals surface area contributed by atoms with E-state index in [0.29, 0.717) is 11.0 Å². The quantitative estimate of drug-likeness (QED) is 0.518. The Morgan fingerprint density at radius 2 is 1.56 bits per heavy atom. The van der Waals surface area contributed by atoms with Crippen LogP contribution in [0, 0.1) is 5.92 Å². The fourth-order valence-corrected chi connectivity index (χ4v) is 6.03. The summed E-state index contributed by atoms with van der Waals surface area (Å²) in [7, 11) is -7.28. The smallest absolute Gasteiger partial charge is 0.286 e. The number of para-hydroxylation sites is 1. The fraction of sp³-hybridized carbons (Fsp3) is 0.273. The fourth-order valence-electron chi connectivity index (χ4n) is 3.93. The highest BCUT2D eigenvalue weighted by Crippen LogP contribution is 2.32. The highest BCUT2D eigenvalue weighted by Gasteiger charge is 2.33. The molecule has 1 aliphatic rings. The molecule has 1 fully saturated rings. The average Bonchev–Trinajstić information content (AvgIpc) is 3.17. The molecule has 180 valence electrons. The van der Waals surface area contributed by atoms with Crippen molar-refractivity contribution in [2.75, 3.05) is 24.7 Å². The van der Waals surface area contributed by atoms with Gasteiger partial charge in [-0.25, -0.2) is 16.8 Å². The van der Waals surface area contributed by atoms with Crippen LogP contribution in [-0.2, 0) is 24.7 Å². The third-order valence-electron chi connectivity index (χ3n) is 5.78. The lowest BCUT2D eigenvalue weighted by Gasteiger charge is -2.30. The highest BCUT2D eigenvalue weighted by molar-refractivity contribution is 7.90. The summed E-state index contributed by atoms with van der Waals surface area (Å²) < 4.78 is 55.9. The second-order valence-electron chi connectivity index (χ2n) is 8.08. The minimum Gasteiger partial charge on any atom is -0.449 e. The summed E-state index contributed by atoms with van der Waals surface area (Å²) in [6.07, 6.45) is 1.59. The van der Waals surface area contributed by atoms with Gasteiger partial charge in [-0.2, -0.15) is 4.31 Å². The maximum Gasteiger partial charge on any atom is 0.286 e. The Hall–Kier alpha value is -3.22. The van der Waals surface area contributed by atoms with Gasteiger partial charge in [-0.15, -0.1) is 0 Å². The molecule has 10 nitrogen and oxygen atoms in total. The molecule has 34 heavy (non-hydrogen) atoms. The molecular formula is C22H23N3O7S2. The standard InChI is InChI=1S/C22H23N3O7S2/c1-33(28,29)15-6-8-16(9-7-15)34(30,31)25-12-10-14(11-13-25)22(27)24-19-17-4-2-3-5-18(17)32-20(19)21(23)26/h2-9,14H,10-13H2,1H3,(H2,23,26)(H,24,27). The molecule has 3 aromatic rings. The minimum atomic E-state index is -3.84. The molecule has 2 amide bonds. The van der Waals surface area contributed by atoms with Crippen molar-refractivity contribution in [1.29, 1.82) is 0 Å². The van der Waals surface area contributed by atoms with E-state index in [1.807, 2.05) is 0 Å². The van der Waals surface area contributed by atoms with Crippen molar-refractivity contribution in [2.45, 2.75) is 22.6 Å². The van der Waals surface area contributed by atoms with Crippen LogP contribution in [0.5, 0.6) is 0 Å². The monoisotopic (exact) mass is 505 g/mol. The van der Waals surface area contributed by atoms with Gasteiger partial charge in [-0.3, -0.25) is 9.59 Å². The number of nitrogens with two attached hydrogens (primary N) is 1. The van der Waals surface area contributed by atoms with E-state index >= 15 is 0 Å². The lowest BCUT2D eigenvalue weighted by atomic mass is 9.97. The Balaban J connectivity index is 1.46. The summed E-state index contributed by atoms with van der Waals surface area (Å²) in [5, 5.41) is 3.28. The van der Waals surface area contributed by atoms with Gasteiger partial charge in [0.25, 0.3) is 5.91 Å². The SMILES string of the molecule is CS(=O)(=O)c1ccc(S(=O)(=O)N2CCC(C(=O)Nc3c(C(N)=O)oc4ccccc34)CC2)cc1. The van der Waals surface area contributed by atoms with E-state index in [-0.39, 0.29) is 53.1 Å². The van der Waals surface area contributed by atoms with E-state index < -0.39 is 31.7 Å². The zero-order valence-electron chi connectivity index (χ0n) is 18.2. The highest BCUT2D eigenvalue weighted by atomic mass is 32.2. The van der Waals surface area contributed by atoms with Crippen LogP contribution >= 0.6 is 0 Å². The third kappa shape index (κ3) is 4.56. The second-order valence-corrected chi connectivity index (χ2v) is 12.0. The number of carbonyl (C=O) groups is 2. The second kappa shape index (κ2) is 8.85. The van der Waals surface area contributed by atoms with Crippen molar-refractivity contribution in [2.24, 2.45) is 11.7 Å². The lowest BCUT2D eigenvalue weighted by Crippen LogP contribution is -2.41. The zero-order valence-corrected chi connectivity index (χ0v) is 19.9. The van der Waals surface area contributed by atoms with Crippen LogP contribution in [-0.4, -0.2) is 52.3 Å². The summed E-state index contributed by atoms with van der Waals surface area (Å²) in [5.41, 5.74) is 6.01. The van der Waals surface area contributed by atoms with E-state index in [9.17, 15) is 26.4 Å². The first-order chi connectivity index (χ1) is 16.0. The number of rotatable bonds is 6. The molecule has 0 unspecified atom stereocenters. The number of sulfone groups is 1. The zero-order chi connectivity index (χ0) is 24.7. The number of carbonyl (C=O) groups excluding carboxylic acids is 2. The molecule has 2 aromatic carbocycles. The van der Waals surface area contributed by atoms with Crippen LogP contribution in [0.15, 0.2) is 62.7 Å². The summed E-state index contributed by atoms with van der Waals surface area (Å²) in [4.78, 5) is 24.7. The Morgan fingerprint density at radius 1 is 0.971 bits per heavy atom. The van der Waals surface area contributed by atoms with Crippen LogP contribution in [0.1, 0.15) is 23.4 Å². The van der Waals surface area contributed by atoms with Crippen molar-refractivity contribution in [3.05, 3.63) is 54.3 Å². The molecule has 12 heteroatoms.